The van der Waals surface area contributed by atoms with E-state index in [1.807, 2.05) is 9.71 Å². The second kappa shape index (κ2) is 6.01. The normalized spacial score (nSPS) is 14.7. The van der Waals surface area contributed by atoms with Crippen molar-refractivity contribution in [2.45, 2.75) is 31.2 Å². The van der Waals surface area contributed by atoms with Gasteiger partial charge in [0.2, 0.25) is 10.0 Å². The lowest BCUT2D eigenvalue weighted by Crippen LogP contribution is -2.46. The van der Waals surface area contributed by atoms with Crippen molar-refractivity contribution >= 4 is 16.0 Å². The molecule has 10 heteroatoms. The topological polar surface area (TPSA) is 149 Å². The fourth-order valence-electron chi connectivity index (χ4n) is 1.47. The molecular weight excluding hydrogens is 290 g/mol. The van der Waals surface area contributed by atoms with E-state index >= 15 is 0 Å². The Balaban J connectivity index is 3.20. The average molecular weight is 305 g/mol. The van der Waals surface area contributed by atoms with Crippen LogP contribution in [-0.2, 0) is 14.8 Å². The zero-order valence-electron chi connectivity index (χ0n) is 10.8. The maximum atomic E-state index is 12.0. The second-order valence-corrected chi connectivity index (χ2v) is 5.94. The van der Waals surface area contributed by atoms with E-state index in [9.17, 15) is 22.8 Å². The summed E-state index contributed by atoms with van der Waals surface area (Å²) in [6.45, 7) is 3.28. The van der Waals surface area contributed by atoms with Crippen LogP contribution in [0.4, 0.5) is 0 Å². The molecule has 1 aromatic rings. The summed E-state index contributed by atoms with van der Waals surface area (Å²) in [6.07, 6.45) is 1.15. The van der Waals surface area contributed by atoms with Gasteiger partial charge in [-0.25, -0.2) is 13.2 Å². The highest BCUT2D eigenvalue weighted by atomic mass is 32.2. The number of nitrogens with one attached hydrogen (secondary N) is 3. The number of carboxylic acids is 1. The van der Waals surface area contributed by atoms with Crippen LogP contribution in [0.3, 0.4) is 0 Å². The van der Waals surface area contributed by atoms with Crippen LogP contribution >= 0.6 is 0 Å². The monoisotopic (exact) mass is 305 g/mol. The predicted molar refractivity (Wildman–Crippen MR) is 68.9 cm³/mol. The SMILES string of the molecule is CCC(C)C(NS(=O)(=O)c1c[nH]c(=O)[nH]c1=O)C(=O)O. The highest BCUT2D eigenvalue weighted by Crippen LogP contribution is 2.11. The van der Waals surface area contributed by atoms with Gasteiger partial charge in [0, 0.05) is 6.20 Å². The summed E-state index contributed by atoms with van der Waals surface area (Å²) in [6, 6.07) is -1.36. The van der Waals surface area contributed by atoms with Crippen LogP contribution in [-0.4, -0.2) is 35.5 Å². The number of aliphatic carboxylic acids is 1. The van der Waals surface area contributed by atoms with Crippen LogP contribution in [0, 0.1) is 5.92 Å². The molecule has 1 aromatic heterocycles. The Kier molecular flexibility index (Phi) is 4.84. The Morgan fingerprint density at radius 1 is 1.45 bits per heavy atom. The van der Waals surface area contributed by atoms with E-state index in [0.717, 1.165) is 6.20 Å². The third-order valence-electron chi connectivity index (χ3n) is 2.84. The minimum absolute atomic E-state index is 0.432. The van der Waals surface area contributed by atoms with Gasteiger partial charge in [-0.2, -0.15) is 4.72 Å². The van der Waals surface area contributed by atoms with E-state index in [1.54, 1.807) is 18.8 Å². The molecule has 0 saturated heterocycles. The molecule has 0 radical (unpaired) electrons. The van der Waals surface area contributed by atoms with Crippen LogP contribution in [0.5, 0.6) is 0 Å². The number of hydrogen-bond donors (Lipinski definition) is 4. The van der Waals surface area contributed by atoms with E-state index in [1.165, 1.54) is 0 Å². The third kappa shape index (κ3) is 3.54. The zero-order valence-corrected chi connectivity index (χ0v) is 11.7. The third-order valence-corrected chi connectivity index (χ3v) is 4.28. The molecule has 0 aromatic carbocycles. The van der Waals surface area contributed by atoms with Crippen molar-refractivity contribution in [3.05, 3.63) is 27.0 Å². The molecule has 1 heterocycles. The second-order valence-electron chi connectivity index (χ2n) is 4.26. The van der Waals surface area contributed by atoms with Crippen molar-refractivity contribution < 1.29 is 18.3 Å². The molecule has 0 saturated carbocycles. The maximum absolute atomic E-state index is 12.0. The molecule has 4 N–H and O–H groups in total. The number of rotatable bonds is 6. The summed E-state index contributed by atoms with van der Waals surface area (Å²) >= 11 is 0. The van der Waals surface area contributed by atoms with Gasteiger partial charge in [0.05, 0.1) is 0 Å². The first-order valence-corrected chi connectivity index (χ1v) is 7.24. The van der Waals surface area contributed by atoms with E-state index < -0.39 is 44.1 Å². The molecule has 0 aliphatic rings. The molecule has 0 fully saturated rings. The maximum Gasteiger partial charge on any atom is 0.325 e. The fourth-order valence-corrected chi connectivity index (χ4v) is 2.78. The van der Waals surface area contributed by atoms with Gasteiger partial charge < -0.3 is 10.1 Å². The Morgan fingerprint density at radius 3 is 2.50 bits per heavy atom. The Morgan fingerprint density at radius 2 is 2.05 bits per heavy atom. The van der Waals surface area contributed by atoms with Gasteiger partial charge in [0.15, 0.2) is 4.90 Å². The van der Waals surface area contributed by atoms with E-state index in [-0.39, 0.29) is 0 Å². The molecule has 9 nitrogen and oxygen atoms in total. The van der Waals surface area contributed by atoms with Crippen molar-refractivity contribution in [3.8, 4) is 0 Å². The van der Waals surface area contributed by atoms with Crippen molar-refractivity contribution in [2.75, 3.05) is 0 Å². The van der Waals surface area contributed by atoms with Gasteiger partial charge >= 0.3 is 11.7 Å². The fraction of sp³-hybridized carbons (Fsp3) is 0.500. The van der Waals surface area contributed by atoms with Crippen molar-refractivity contribution in [1.29, 1.82) is 0 Å². The van der Waals surface area contributed by atoms with Gasteiger partial charge in [-0.1, -0.05) is 20.3 Å². The minimum atomic E-state index is -4.35. The number of sulfonamides is 1. The van der Waals surface area contributed by atoms with E-state index in [4.69, 9.17) is 5.11 Å². The summed E-state index contributed by atoms with van der Waals surface area (Å²) in [7, 11) is -4.35. The van der Waals surface area contributed by atoms with Crippen molar-refractivity contribution in [1.82, 2.24) is 14.7 Å². The molecule has 112 valence electrons. The lowest BCUT2D eigenvalue weighted by atomic mass is 10.0. The van der Waals surface area contributed by atoms with Gasteiger partial charge in [-0.3, -0.25) is 14.6 Å². The molecule has 0 bridgehead atoms. The Labute approximate surface area is 114 Å². The van der Waals surface area contributed by atoms with E-state index in [2.05, 4.69) is 0 Å². The molecule has 20 heavy (non-hydrogen) atoms. The summed E-state index contributed by atoms with van der Waals surface area (Å²) in [4.78, 5) is 36.4. The average Bonchev–Trinajstić information content (AvgIpc) is 2.34. The highest BCUT2D eigenvalue weighted by Gasteiger charge is 2.30. The first-order chi connectivity index (χ1) is 9.19. The molecule has 2 unspecified atom stereocenters. The predicted octanol–water partition coefficient (Wildman–Crippen LogP) is -1.16. The number of carboxylic acid groups (broad SMARTS) is 1. The van der Waals surface area contributed by atoms with Crippen molar-refractivity contribution in [2.24, 2.45) is 5.92 Å². The lowest BCUT2D eigenvalue weighted by Gasteiger charge is -2.19. The molecule has 0 aliphatic heterocycles. The molecule has 0 amide bonds. The number of aromatic nitrogens is 2. The van der Waals surface area contributed by atoms with Gasteiger partial charge in [0.25, 0.3) is 5.56 Å². The van der Waals surface area contributed by atoms with E-state index in [0.29, 0.717) is 6.42 Å². The lowest BCUT2D eigenvalue weighted by molar-refractivity contribution is -0.140. The van der Waals surface area contributed by atoms with Crippen LogP contribution < -0.4 is 16.0 Å². The summed E-state index contributed by atoms with van der Waals surface area (Å²) < 4.78 is 25.9. The van der Waals surface area contributed by atoms with Crippen LogP contribution in [0.15, 0.2) is 20.7 Å². The molecule has 0 spiro atoms. The van der Waals surface area contributed by atoms with Crippen LogP contribution in [0.25, 0.3) is 0 Å². The van der Waals surface area contributed by atoms with Crippen LogP contribution in [0.1, 0.15) is 20.3 Å². The standard InChI is InChI=1S/C10H15N3O6S/c1-3-5(2)7(9(15)16)13-20(18,19)6-4-11-10(17)12-8(6)14/h4-5,7,13H,3H2,1-2H3,(H,15,16)(H2,11,12,14,17). The molecular formula is C10H15N3O6S. The molecule has 2 atom stereocenters. The highest BCUT2D eigenvalue weighted by molar-refractivity contribution is 7.89. The summed E-state index contributed by atoms with van der Waals surface area (Å²) in [5, 5.41) is 9.03. The first kappa shape index (κ1) is 16.1. The van der Waals surface area contributed by atoms with Crippen molar-refractivity contribution in [3.63, 3.8) is 0 Å². The van der Waals surface area contributed by atoms with Gasteiger partial charge in [-0.15, -0.1) is 0 Å². The number of aromatic amines is 2. The molecule has 1 rings (SSSR count). The first-order valence-electron chi connectivity index (χ1n) is 5.76. The summed E-state index contributed by atoms with van der Waals surface area (Å²) in [5.41, 5.74) is -1.97. The summed E-state index contributed by atoms with van der Waals surface area (Å²) in [5.74, 6) is -1.81. The Hall–Kier alpha value is -1.94. The quantitative estimate of drug-likeness (QED) is 0.521. The molecule has 0 aliphatic carbocycles. The minimum Gasteiger partial charge on any atom is -0.480 e. The number of H-pyrrole nitrogens is 2. The largest absolute Gasteiger partial charge is 0.480 e. The number of carbonyl (C=O) groups is 1. The zero-order chi connectivity index (χ0) is 15.5. The van der Waals surface area contributed by atoms with Gasteiger partial charge in [-0.05, 0) is 5.92 Å². The number of hydrogen-bond acceptors (Lipinski definition) is 5. The Bertz CT molecular complexity index is 704. The van der Waals surface area contributed by atoms with Crippen LogP contribution in [0.2, 0.25) is 0 Å². The smallest absolute Gasteiger partial charge is 0.325 e. The van der Waals surface area contributed by atoms with Gasteiger partial charge in [0.1, 0.15) is 6.04 Å².